The van der Waals surface area contributed by atoms with Crippen LogP contribution >= 0.6 is 22.6 Å². The molecular weight excluding hydrogens is 329 g/mol. The zero-order valence-electron chi connectivity index (χ0n) is 9.66. The Hall–Kier alpha value is -0.590. The molecule has 1 aromatic rings. The average molecular weight is 345 g/mol. The maximum Gasteiger partial charge on any atom is 0.225 e. The Balaban J connectivity index is 1.71. The SMILES string of the molecule is O=C(C1CC1)N1CCCC(c2[nH]ncc2I)C1. The number of aromatic nitrogens is 2. The summed E-state index contributed by atoms with van der Waals surface area (Å²) < 4.78 is 1.19. The van der Waals surface area contributed by atoms with Crippen LogP contribution in [-0.4, -0.2) is 34.1 Å². The van der Waals surface area contributed by atoms with Crippen LogP contribution in [0.1, 0.15) is 37.3 Å². The summed E-state index contributed by atoms with van der Waals surface area (Å²) in [7, 11) is 0. The Morgan fingerprint density at radius 3 is 2.94 bits per heavy atom. The Labute approximate surface area is 114 Å². The van der Waals surface area contributed by atoms with Crippen molar-refractivity contribution >= 4 is 28.5 Å². The van der Waals surface area contributed by atoms with Gasteiger partial charge in [0.05, 0.1) is 15.5 Å². The predicted octanol–water partition coefficient (Wildman–Crippen LogP) is 2.13. The van der Waals surface area contributed by atoms with Gasteiger partial charge in [0.15, 0.2) is 0 Å². The van der Waals surface area contributed by atoms with Crippen LogP contribution in [0.25, 0.3) is 0 Å². The molecule has 1 aliphatic carbocycles. The maximum atomic E-state index is 12.1. The van der Waals surface area contributed by atoms with Crippen LogP contribution < -0.4 is 0 Å². The van der Waals surface area contributed by atoms with Crippen LogP contribution in [0.4, 0.5) is 0 Å². The fourth-order valence-corrected chi connectivity index (χ4v) is 3.27. The summed E-state index contributed by atoms with van der Waals surface area (Å²) >= 11 is 2.31. The molecule has 17 heavy (non-hydrogen) atoms. The van der Waals surface area contributed by atoms with Gasteiger partial charge in [-0.05, 0) is 48.3 Å². The van der Waals surface area contributed by atoms with E-state index in [4.69, 9.17) is 0 Å². The molecule has 1 amide bonds. The van der Waals surface area contributed by atoms with Gasteiger partial charge in [0.2, 0.25) is 5.91 Å². The standard InChI is InChI=1S/C12H16IN3O/c13-10-6-14-15-11(10)9-2-1-5-16(7-9)12(17)8-3-4-8/h6,8-9H,1-5,7H2,(H,14,15). The second kappa shape index (κ2) is 4.59. The number of carbonyl (C=O) groups excluding carboxylic acids is 1. The molecule has 0 radical (unpaired) electrons. The molecular formula is C12H16IN3O. The van der Waals surface area contributed by atoms with E-state index in [1.54, 1.807) is 0 Å². The number of nitrogens with zero attached hydrogens (tertiary/aromatic N) is 2. The van der Waals surface area contributed by atoms with E-state index in [-0.39, 0.29) is 0 Å². The monoisotopic (exact) mass is 345 g/mol. The maximum absolute atomic E-state index is 12.1. The summed E-state index contributed by atoms with van der Waals surface area (Å²) in [6.45, 7) is 1.81. The summed E-state index contributed by atoms with van der Waals surface area (Å²) in [6, 6.07) is 0. The van der Waals surface area contributed by atoms with Crippen LogP contribution in [0.5, 0.6) is 0 Å². The van der Waals surface area contributed by atoms with Crippen LogP contribution in [-0.2, 0) is 4.79 Å². The van der Waals surface area contributed by atoms with E-state index in [2.05, 4.69) is 37.7 Å². The highest BCUT2D eigenvalue weighted by Gasteiger charge is 2.36. The molecule has 0 spiro atoms. The lowest BCUT2D eigenvalue weighted by atomic mass is 9.94. The lowest BCUT2D eigenvalue weighted by Crippen LogP contribution is -2.40. The van der Waals surface area contributed by atoms with E-state index in [1.165, 1.54) is 9.26 Å². The van der Waals surface area contributed by atoms with Gasteiger partial charge >= 0.3 is 0 Å². The van der Waals surface area contributed by atoms with E-state index < -0.39 is 0 Å². The largest absolute Gasteiger partial charge is 0.342 e. The first kappa shape index (κ1) is 11.5. The molecule has 0 bridgehead atoms. The number of likely N-dealkylation sites (tertiary alicyclic amines) is 1. The van der Waals surface area contributed by atoms with Gasteiger partial charge in [-0.3, -0.25) is 9.89 Å². The second-order valence-corrected chi connectivity index (χ2v) is 6.19. The minimum atomic E-state index is 0.342. The molecule has 5 heteroatoms. The molecule has 2 aliphatic rings. The zero-order valence-corrected chi connectivity index (χ0v) is 11.8. The molecule has 1 unspecified atom stereocenters. The molecule has 1 saturated carbocycles. The first-order valence-corrected chi connectivity index (χ1v) is 7.31. The van der Waals surface area contributed by atoms with Crippen LogP contribution in [0, 0.1) is 9.49 Å². The smallest absolute Gasteiger partial charge is 0.225 e. The van der Waals surface area contributed by atoms with Gasteiger partial charge in [-0.2, -0.15) is 5.10 Å². The fraction of sp³-hybridized carbons (Fsp3) is 0.667. The minimum absolute atomic E-state index is 0.342. The molecule has 2 fully saturated rings. The Morgan fingerprint density at radius 1 is 1.47 bits per heavy atom. The second-order valence-electron chi connectivity index (χ2n) is 5.03. The highest BCUT2D eigenvalue weighted by molar-refractivity contribution is 14.1. The Kier molecular flexibility index (Phi) is 3.10. The summed E-state index contributed by atoms with van der Waals surface area (Å²) in [5.74, 6) is 1.17. The van der Waals surface area contributed by atoms with E-state index in [1.807, 2.05) is 6.20 Å². The minimum Gasteiger partial charge on any atom is -0.342 e. The van der Waals surface area contributed by atoms with Gasteiger partial charge in [0, 0.05) is 24.9 Å². The van der Waals surface area contributed by atoms with Crippen LogP contribution in [0.15, 0.2) is 6.20 Å². The van der Waals surface area contributed by atoms with Gasteiger partial charge in [0.25, 0.3) is 0 Å². The van der Waals surface area contributed by atoms with Crippen LogP contribution in [0.2, 0.25) is 0 Å². The van der Waals surface area contributed by atoms with E-state index in [9.17, 15) is 4.79 Å². The third-order valence-corrected chi connectivity index (χ3v) is 4.55. The van der Waals surface area contributed by atoms with Gasteiger partial charge in [-0.25, -0.2) is 0 Å². The molecule has 0 aromatic carbocycles. The third kappa shape index (κ3) is 2.34. The van der Waals surface area contributed by atoms with Crippen molar-refractivity contribution in [3.63, 3.8) is 0 Å². The van der Waals surface area contributed by atoms with Crippen molar-refractivity contribution in [2.24, 2.45) is 5.92 Å². The normalized spacial score (nSPS) is 25.0. The summed E-state index contributed by atoms with van der Waals surface area (Å²) in [4.78, 5) is 14.1. The number of H-pyrrole nitrogens is 1. The van der Waals surface area contributed by atoms with Crippen molar-refractivity contribution in [2.75, 3.05) is 13.1 Å². The number of rotatable bonds is 2. The summed E-state index contributed by atoms with van der Waals surface area (Å²) in [6.07, 6.45) is 6.33. The molecule has 1 aliphatic heterocycles. The number of hydrogen-bond acceptors (Lipinski definition) is 2. The van der Waals surface area contributed by atoms with E-state index in [0.29, 0.717) is 17.7 Å². The number of halogens is 1. The lowest BCUT2D eigenvalue weighted by Gasteiger charge is -2.32. The lowest BCUT2D eigenvalue weighted by molar-refractivity contribution is -0.133. The predicted molar refractivity (Wildman–Crippen MR) is 72.6 cm³/mol. The van der Waals surface area contributed by atoms with Crippen molar-refractivity contribution in [3.05, 3.63) is 15.5 Å². The summed E-state index contributed by atoms with van der Waals surface area (Å²) in [5.41, 5.74) is 1.21. The zero-order chi connectivity index (χ0) is 11.8. The van der Waals surface area contributed by atoms with Gasteiger partial charge in [0.1, 0.15) is 0 Å². The highest BCUT2D eigenvalue weighted by atomic mass is 127. The number of piperidine rings is 1. The van der Waals surface area contributed by atoms with Crippen LogP contribution in [0.3, 0.4) is 0 Å². The Morgan fingerprint density at radius 2 is 2.29 bits per heavy atom. The molecule has 1 saturated heterocycles. The van der Waals surface area contributed by atoms with E-state index >= 15 is 0 Å². The van der Waals surface area contributed by atoms with Gasteiger partial charge in [-0.1, -0.05) is 0 Å². The Bertz CT molecular complexity index is 427. The first-order valence-electron chi connectivity index (χ1n) is 6.23. The quantitative estimate of drug-likeness (QED) is 0.835. The molecule has 2 heterocycles. The molecule has 92 valence electrons. The first-order chi connectivity index (χ1) is 8.25. The highest BCUT2D eigenvalue weighted by Crippen LogP contribution is 2.34. The van der Waals surface area contributed by atoms with Crippen molar-refractivity contribution in [2.45, 2.75) is 31.6 Å². The molecule has 4 nitrogen and oxygen atoms in total. The van der Waals surface area contributed by atoms with Crippen molar-refractivity contribution in [1.29, 1.82) is 0 Å². The molecule has 1 aromatic heterocycles. The number of amides is 1. The number of nitrogens with one attached hydrogen (secondary N) is 1. The van der Waals surface area contributed by atoms with Gasteiger partial charge < -0.3 is 4.90 Å². The molecule has 3 rings (SSSR count). The van der Waals surface area contributed by atoms with Crippen molar-refractivity contribution < 1.29 is 4.79 Å². The topological polar surface area (TPSA) is 49.0 Å². The van der Waals surface area contributed by atoms with E-state index in [0.717, 1.165) is 38.8 Å². The number of hydrogen-bond donors (Lipinski definition) is 1. The fourth-order valence-electron chi connectivity index (χ4n) is 2.57. The number of aromatic amines is 1. The molecule has 1 N–H and O–H groups in total. The number of carbonyl (C=O) groups is 1. The average Bonchev–Trinajstić information content (AvgIpc) is 3.11. The molecule has 1 atom stereocenters. The van der Waals surface area contributed by atoms with Crippen molar-refractivity contribution in [3.8, 4) is 0 Å². The third-order valence-electron chi connectivity index (χ3n) is 3.69. The van der Waals surface area contributed by atoms with Crippen molar-refractivity contribution in [1.82, 2.24) is 15.1 Å². The van der Waals surface area contributed by atoms with Gasteiger partial charge in [-0.15, -0.1) is 0 Å². The summed E-state index contributed by atoms with van der Waals surface area (Å²) in [5, 5.41) is 7.16.